The number of amides is 1. The summed E-state index contributed by atoms with van der Waals surface area (Å²) in [6, 6.07) is 7.41. The molecule has 1 aromatic carbocycles. The van der Waals surface area contributed by atoms with Crippen LogP contribution in [0.25, 0.3) is 0 Å². The number of carbonyl (C=O) groups is 2. The van der Waals surface area contributed by atoms with Crippen LogP contribution < -0.4 is 5.32 Å². The van der Waals surface area contributed by atoms with E-state index < -0.39 is 24.0 Å². The number of benzene rings is 1. The molecule has 0 saturated carbocycles. The predicted molar refractivity (Wildman–Crippen MR) is 74.0 cm³/mol. The van der Waals surface area contributed by atoms with Gasteiger partial charge in [-0.15, -0.1) is 0 Å². The van der Waals surface area contributed by atoms with Crippen molar-refractivity contribution >= 4 is 23.6 Å². The molecule has 5 nitrogen and oxygen atoms in total. The molecule has 2 unspecified atom stereocenters. The molecule has 1 rings (SSSR count). The molecule has 0 fully saturated rings. The van der Waals surface area contributed by atoms with E-state index in [4.69, 9.17) is 5.11 Å². The summed E-state index contributed by atoms with van der Waals surface area (Å²) in [5.74, 6) is -0.759. The molecule has 19 heavy (non-hydrogen) atoms. The van der Waals surface area contributed by atoms with Gasteiger partial charge in [-0.25, -0.2) is 4.79 Å². The molecule has 104 valence electrons. The summed E-state index contributed by atoms with van der Waals surface area (Å²) in [7, 11) is 0. The topological polar surface area (TPSA) is 86.6 Å². The normalized spacial score (nSPS) is 13.6. The first-order valence-electron chi connectivity index (χ1n) is 5.90. The lowest BCUT2D eigenvalue weighted by Gasteiger charge is -2.17. The Hall–Kier alpha value is -1.53. The first kappa shape index (κ1) is 15.5. The standard InChI is InChI=1S/C13H17NO4S/c1-2-19-8-10(13(17)18)14-12(16)11(15)9-6-4-3-5-7-9/h3-7,10-11,15H,2,8H2,1H3,(H,14,16)(H,17,18). The second kappa shape index (κ2) is 7.81. The maximum absolute atomic E-state index is 11.8. The molecule has 0 aliphatic heterocycles. The number of rotatable bonds is 7. The van der Waals surface area contributed by atoms with Gasteiger partial charge in [0.05, 0.1) is 0 Å². The minimum absolute atomic E-state index is 0.277. The van der Waals surface area contributed by atoms with E-state index in [0.29, 0.717) is 5.56 Å². The van der Waals surface area contributed by atoms with Crippen LogP contribution in [0.5, 0.6) is 0 Å². The molecule has 0 aromatic heterocycles. The van der Waals surface area contributed by atoms with E-state index in [0.717, 1.165) is 5.75 Å². The van der Waals surface area contributed by atoms with Crippen LogP contribution in [0.1, 0.15) is 18.6 Å². The average Bonchev–Trinajstić information content (AvgIpc) is 2.43. The number of aliphatic carboxylic acids is 1. The highest BCUT2D eigenvalue weighted by Gasteiger charge is 2.24. The molecule has 0 heterocycles. The lowest BCUT2D eigenvalue weighted by Crippen LogP contribution is -2.44. The summed E-state index contributed by atoms with van der Waals surface area (Å²) in [4.78, 5) is 22.8. The van der Waals surface area contributed by atoms with Crippen molar-refractivity contribution in [3.63, 3.8) is 0 Å². The van der Waals surface area contributed by atoms with Gasteiger partial charge >= 0.3 is 5.97 Å². The second-order valence-electron chi connectivity index (χ2n) is 3.87. The Balaban J connectivity index is 2.64. The third kappa shape index (κ3) is 4.92. The zero-order valence-corrected chi connectivity index (χ0v) is 11.4. The average molecular weight is 283 g/mol. The smallest absolute Gasteiger partial charge is 0.327 e. The zero-order chi connectivity index (χ0) is 14.3. The Morgan fingerprint density at radius 3 is 2.47 bits per heavy atom. The van der Waals surface area contributed by atoms with Gasteiger partial charge in [0.1, 0.15) is 6.04 Å². The molecule has 0 bridgehead atoms. The van der Waals surface area contributed by atoms with Gasteiger partial charge in [-0.05, 0) is 11.3 Å². The van der Waals surface area contributed by atoms with Crippen molar-refractivity contribution < 1.29 is 19.8 Å². The van der Waals surface area contributed by atoms with Crippen molar-refractivity contribution in [1.29, 1.82) is 0 Å². The Kier molecular flexibility index (Phi) is 6.38. The van der Waals surface area contributed by atoms with Crippen molar-refractivity contribution in [2.24, 2.45) is 0 Å². The van der Waals surface area contributed by atoms with E-state index in [2.05, 4.69) is 5.32 Å². The lowest BCUT2D eigenvalue weighted by molar-refractivity contribution is -0.142. The van der Waals surface area contributed by atoms with Gasteiger partial charge < -0.3 is 15.5 Å². The largest absolute Gasteiger partial charge is 0.480 e. The first-order chi connectivity index (χ1) is 9.06. The van der Waals surface area contributed by atoms with Gasteiger partial charge in [0.25, 0.3) is 5.91 Å². The summed E-state index contributed by atoms with van der Waals surface area (Å²) in [5, 5.41) is 21.2. The maximum Gasteiger partial charge on any atom is 0.327 e. The summed E-state index contributed by atoms with van der Waals surface area (Å²) in [6.07, 6.45) is -1.35. The Bertz CT molecular complexity index is 424. The van der Waals surface area contributed by atoms with Gasteiger partial charge in [-0.2, -0.15) is 11.8 Å². The lowest BCUT2D eigenvalue weighted by atomic mass is 10.1. The number of aliphatic hydroxyl groups is 1. The fourth-order valence-corrected chi connectivity index (χ4v) is 2.15. The number of nitrogens with one attached hydrogen (secondary N) is 1. The molecule has 0 radical (unpaired) electrons. The third-order valence-electron chi connectivity index (χ3n) is 2.47. The van der Waals surface area contributed by atoms with E-state index in [1.807, 2.05) is 6.92 Å². The maximum atomic E-state index is 11.8. The molecule has 0 spiro atoms. The quantitative estimate of drug-likeness (QED) is 0.696. The molecule has 3 N–H and O–H groups in total. The van der Waals surface area contributed by atoms with Crippen molar-refractivity contribution in [3.05, 3.63) is 35.9 Å². The van der Waals surface area contributed by atoms with Gasteiger partial charge in [0, 0.05) is 5.75 Å². The van der Waals surface area contributed by atoms with E-state index in [9.17, 15) is 14.7 Å². The summed E-state index contributed by atoms with van der Waals surface area (Å²) in [5.41, 5.74) is 0.437. The first-order valence-corrected chi connectivity index (χ1v) is 7.05. The van der Waals surface area contributed by atoms with Crippen molar-refractivity contribution in [3.8, 4) is 0 Å². The van der Waals surface area contributed by atoms with Crippen LogP contribution in [0, 0.1) is 0 Å². The number of thioether (sulfide) groups is 1. The monoisotopic (exact) mass is 283 g/mol. The molecule has 0 saturated heterocycles. The molecular formula is C13H17NO4S. The zero-order valence-electron chi connectivity index (χ0n) is 10.6. The van der Waals surface area contributed by atoms with Gasteiger partial charge in [-0.1, -0.05) is 37.3 Å². The molecule has 0 aliphatic carbocycles. The van der Waals surface area contributed by atoms with Crippen LogP contribution in [-0.2, 0) is 9.59 Å². The molecule has 0 aliphatic rings. The van der Waals surface area contributed by atoms with Crippen molar-refractivity contribution in [1.82, 2.24) is 5.32 Å². The van der Waals surface area contributed by atoms with E-state index in [1.54, 1.807) is 30.3 Å². The highest BCUT2D eigenvalue weighted by Crippen LogP contribution is 2.12. The van der Waals surface area contributed by atoms with Crippen molar-refractivity contribution in [2.75, 3.05) is 11.5 Å². The molecule has 2 atom stereocenters. The van der Waals surface area contributed by atoms with Crippen LogP contribution in [0.15, 0.2) is 30.3 Å². The van der Waals surface area contributed by atoms with Crippen LogP contribution in [0.4, 0.5) is 0 Å². The third-order valence-corrected chi connectivity index (χ3v) is 3.44. The van der Waals surface area contributed by atoms with E-state index in [1.165, 1.54) is 11.8 Å². The highest BCUT2D eigenvalue weighted by atomic mass is 32.2. The number of hydrogen-bond donors (Lipinski definition) is 3. The van der Waals surface area contributed by atoms with Crippen molar-refractivity contribution in [2.45, 2.75) is 19.1 Å². The molecule has 6 heteroatoms. The summed E-state index contributed by atoms with van der Waals surface area (Å²) in [6.45, 7) is 1.91. The van der Waals surface area contributed by atoms with E-state index >= 15 is 0 Å². The van der Waals surface area contributed by atoms with Crippen LogP contribution in [0.3, 0.4) is 0 Å². The molecular weight excluding hydrogens is 266 g/mol. The molecule has 1 aromatic rings. The fourth-order valence-electron chi connectivity index (χ4n) is 1.45. The Labute approximate surface area is 116 Å². The second-order valence-corrected chi connectivity index (χ2v) is 5.19. The number of carboxylic acid groups (broad SMARTS) is 1. The van der Waals surface area contributed by atoms with E-state index in [-0.39, 0.29) is 5.75 Å². The number of carbonyl (C=O) groups excluding carboxylic acids is 1. The van der Waals surface area contributed by atoms with Crippen LogP contribution in [-0.4, -0.2) is 39.6 Å². The Morgan fingerprint density at radius 1 is 1.32 bits per heavy atom. The fraction of sp³-hybridized carbons (Fsp3) is 0.385. The van der Waals surface area contributed by atoms with Crippen LogP contribution in [0.2, 0.25) is 0 Å². The molecule has 1 amide bonds. The van der Waals surface area contributed by atoms with Gasteiger partial charge in [0.2, 0.25) is 0 Å². The summed E-state index contributed by atoms with van der Waals surface area (Å²) < 4.78 is 0. The predicted octanol–water partition coefficient (Wildman–Crippen LogP) is 1.04. The minimum atomic E-state index is -1.35. The minimum Gasteiger partial charge on any atom is -0.480 e. The van der Waals surface area contributed by atoms with Crippen LogP contribution >= 0.6 is 11.8 Å². The number of aliphatic hydroxyl groups excluding tert-OH is 1. The number of carboxylic acids is 1. The SMILES string of the molecule is CCSCC(NC(=O)C(O)c1ccccc1)C(=O)O. The summed E-state index contributed by atoms with van der Waals surface area (Å²) >= 11 is 1.42. The van der Waals surface area contributed by atoms with Gasteiger partial charge in [0.15, 0.2) is 6.10 Å². The Morgan fingerprint density at radius 2 is 1.95 bits per heavy atom. The van der Waals surface area contributed by atoms with Gasteiger partial charge in [-0.3, -0.25) is 4.79 Å². The highest BCUT2D eigenvalue weighted by molar-refractivity contribution is 7.99. The number of hydrogen-bond acceptors (Lipinski definition) is 4.